The molecule has 0 fully saturated rings. The summed E-state index contributed by atoms with van der Waals surface area (Å²) in [6, 6.07) is 5.13. The molecule has 0 unspecified atom stereocenters. The van der Waals surface area contributed by atoms with Crippen LogP contribution in [0.3, 0.4) is 0 Å². The molecule has 0 atom stereocenters. The van der Waals surface area contributed by atoms with Crippen LogP contribution >= 0.6 is 0 Å². The highest BCUT2D eigenvalue weighted by atomic mass is 19.4. The Morgan fingerprint density at radius 3 is 2.48 bits per heavy atom. The van der Waals surface area contributed by atoms with E-state index in [1.54, 1.807) is 6.07 Å². The van der Waals surface area contributed by atoms with Crippen molar-refractivity contribution in [2.24, 2.45) is 4.99 Å². The zero-order valence-electron chi connectivity index (χ0n) is 15.2. The van der Waals surface area contributed by atoms with E-state index in [1.807, 2.05) is 0 Å². The minimum atomic E-state index is -4.78. The van der Waals surface area contributed by atoms with Gasteiger partial charge in [0.2, 0.25) is 5.95 Å². The van der Waals surface area contributed by atoms with E-state index < -0.39 is 35.7 Å². The topological polar surface area (TPSA) is 118 Å². The molecule has 15 heteroatoms. The fraction of sp³-hybridized carbons (Fsp3) is 0.188. The summed E-state index contributed by atoms with van der Waals surface area (Å²) in [5, 5.41) is 14.8. The number of aliphatic imine (C=N–C) groups is 1. The van der Waals surface area contributed by atoms with Crippen molar-refractivity contribution < 1.29 is 26.3 Å². The molecule has 0 aromatic carbocycles. The molecule has 0 saturated heterocycles. The van der Waals surface area contributed by atoms with Crippen LogP contribution in [0.2, 0.25) is 0 Å². The summed E-state index contributed by atoms with van der Waals surface area (Å²) in [7, 11) is 0. The Morgan fingerprint density at radius 2 is 1.87 bits per heavy atom. The van der Waals surface area contributed by atoms with Crippen molar-refractivity contribution in [3.05, 3.63) is 42.0 Å². The molecular weight excluding hydrogens is 432 g/mol. The van der Waals surface area contributed by atoms with Gasteiger partial charge in [0.25, 0.3) is 11.9 Å². The van der Waals surface area contributed by atoms with Gasteiger partial charge < -0.3 is 5.32 Å². The molecule has 0 bridgehead atoms. The Morgan fingerprint density at radius 1 is 1.13 bits per heavy atom. The summed E-state index contributed by atoms with van der Waals surface area (Å²) in [5.74, 6) is -1.59. The van der Waals surface area contributed by atoms with Crippen LogP contribution in [-0.2, 0) is 6.18 Å². The monoisotopic (exact) mass is 441 g/mol. The van der Waals surface area contributed by atoms with Gasteiger partial charge in [0, 0.05) is 18.1 Å². The van der Waals surface area contributed by atoms with Gasteiger partial charge in [-0.25, -0.2) is 14.7 Å². The first kappa shape index (κ1) is 21.6. The third-order valence-corrected chi connectivity index (χ3v) is 3.50. The number of nitrogens with zero attached hydrogens (tertiary/aromatic N) is 8. The van der Waals surface area contributed by atoms with Crippen LogP contribution in [0.1, 0.15) is 18.3 Å². The number of nitrogens with one attached hydrogen (secondary N) is 1. The van der Waals surface area contributed by atoms with Gasteiger partial charge >= 0.3 is 12.4 Å². The van der Waals surface area contributed by atoms with Crippen LogP contribution in [-0.4, -0.2) is 41.6 Å². The predicted molar refractivity (Wildman–Crippen MR) is 93.0 cm³/mol. The average molecular weight is 441 g/mol. The summed E-state index contributed by atoms with van der Waals surface area (Å²) in [4.78, 5) is 18.3. The highest BCUT2D eigenvalue weighted by Gasteiger charge is 2.34. The highest BCUT2D eigenvalue weighted by Crippen LogP contribution is 2.28. The second-order valence-electron chi connectivity index (χ2n) is 5.76. The molecule has 0 aliphatic heterocycles. The summed E-state index contributed by atoms with van der Waals surface area (Å²) in [6.45, 7) is 0.675. The molecule has 0 amide bonds. The number of hydrogen-bond acceptors (Lipinski definition) is 8. The number of aromatic nitrogens is 6. The standard InChI is InChI=1S/C16H9F6N9/c1-8(15(17,18)19)25-12-27-13(26-9-2-4-24-10(6-9)7-23)29-14(28-12)31-5-3-11(30-31)16(20,21)22/h2-6H,1H3,(H,24,26,27,28,29)/b25-8+. The third kappa shape index (κ3) is 5.29. The predicted octanol–water partition coefficient (Wildman–Crippen LogP) is 3.74. The Balaban J connectivity index is 2.07. The molecule has 1 N–H and O–H groups in total. The second kappa shape index (κ2) is 7.97. The Labute approximate surface area is 169 Å². The molecule has 3 heterocycles. The van der Waals surface area contributed by atoms with Crippen molar-refractivity contribution in [2.75, 3.05) is 5.32 Å². The molecule has 160 valence electrons. The third-order valence-electron chi connectivity index (χ3n) is 3.50. The Bertz CT molecular complexity index is 1170. The Hall–Kier alpha value is -4.09. The van der Waals surface area contributed by atoms with Gasteiger partial charge in [-0.05, 0) is 25.1 Å². The van der Waals surface area contributed by atoms with Gasteiger partial charge in [0.1, 0.15) is 17.5 Å². The van der Waals surface area contributed by atoms with E-state index in [0.717, 1.165) is 6.20 Å². The summed E-state index contributed by atoms with van der Waals surface area (Å²) < 4.78 is 77.5. The number of nitriles is 1. The maximum Gasteiger partial charge on any atom is 0.435 e. The van der Waals surface area contributed by atoms with Crippen LogP contribution in [0.15, 0.2) is 35.6 Å². The zero-order chi connectivity index (χ0) is 22.8. The van der Waals surface area contributed by atoms with E-state index in [2.05, 4.69) is 35.3 Å². The summed E-state index contributed by atoms with van der Waals surface area (Å²) >= 11 is 0. The molecule has 3 rings (SSSR count). The molecular formula is C16H9F6N9. The maximum absolute atomic E-state index is 12.8. The molecule has 9 nitrogen and oxygen atoms in total. The lowest BCUT2D eigenvalue weighted by Gasteiger charge is -2.09. The van der Waals surface area contributed by atoms with Crippen molar-refractivity contribution in [2.45, 2.75) is 19.3 Å². The highest BCUT2D eigenvalue weighted by molar-refractivity contribution is 5.89. The smallest absolute Gasteiger partial charge is 0.324 e. The van der Waals surface area contributed by atoms with Crippen LogP contribution in [0, 0.1) is 11.3 Å². The van der Waals surface area contributed by atoms with Crippen molar-refractivity contribution in [1.82, 2.24) is 29.7 Å². The number of alkyl halides is 6. The van der Waals surface area contributed by atoms with Crippen molar-refractivity contribution in [3.8, 4) is 12.0 Å². The van der Waals surface area contributed by atoms with Crippen molar-refractivity contribution in [1.29, 1.82) is 5.26 Å². The van der Waals surface area contributed by atoms with E-state index in [9.17, 15) is 26.3 Å². The van der Waals surface area contributed by atoms with Crippen LogP contribution in [0.5, 0.6) is 0 Å². The van der Waals surface area contributed by atoms with E-state index in [4.69, 9.17) is 5.26 Å². The minimum Gasteiger partial charge on any atom is -0.324 e. The molecule has 0 radical (unpaired) electrons. The number of halogens is 6. The zero-order valence-corrected chi connectivity index (χ0v) is 15.2. The number of rotatable bonds is 4. The van der Waals surface area contributed by atoms with Gasteiger partial charge in [0.15, 0.2) is 5.69 Å². The first-order chi connectivity index (χ1) is 14.5. The molecule has 31 heavy (non-hydrogen) atoms. The quantitative estimate of drug-likeness (QED) is 0.484. The first-order valence-electron chi connectivity index (χ1n) is 8.10. The van der Waals surface area contributed by atoms with Crippen molar-refractivity contribution >= 4 is 23.3 Å². The van der Waals surface area contributed by atoms with Crippen LogP contribution in [0.4, 0.5) is 43.9 Å². The lowest BCUT2D eigenvalue weighted by atomic mass is 10.3. The molecule has 0 saturated carbocycles. The van der Waals surface area contributed by atoms with Gasteiger partial charge in [-0.1, -0.05) is 0 Å². The van der Waals surface area contributed by atoms with E-state index in [1.165, 1.54) is 18.3 Å². The lowest BCUT2D eigenvalue weighted by Crippen LogP contribution is -2.19. The van der Waals surface area contributed by atoms with Crippen LogP contribution in [0.25, 0.3) is 5.95 Å². The molecule has 3 aromatic rings. The SMILES string of the molecule is C/C(=N\c1nc(Nc2ccnc(C#N)c2)nc(-n2ccc(C(F)(F)F)n2)n1)C(F)(F)F. The van der Waals surface area contributed by atoms with E-state index >= 15 is 0 Å². The first-order valence-corrected chi connectivity index (χ1v) is 8.10. The second-order valence-corrected chi connectivity index (χ2v) is 5.76. The normalized spacial score (nSPS) is 12.5. The molecule has 0 aliphatic rings. The molecule has 0 aliphatic carbocycles. The number of anilines is 2. The minimum absolute atomic E-state index is 0.0207. The molecule has 0 spiro atoms. The van der Waals surface area contributed by atoms with Gasteiger partial charge in [-0.15, -0.1) is 0 Å². The average Bonchev–Trinajstić information content (AvgIpc) is 3.18. The number of hydrogen-bond donors (Lipinski definition) is 1. The van der Waals surface area contributed by atoms with Crippen LogP contribution < -0.4 is 5.32 Å². The van der Waals surface area contributed by atoms with Crippen molar-refractivity contribution in [3.63, 3.8) is 0 Å². The lowest BCUT2D eigenvalue weighted by molar-refractivity contribution is -0.141. The van der Waals surface area contributed by atoms with E-state index in [0.29, 0.717) is 17.7 Å². The summed E-state index contributed by atoms with van der Waals surface area (Å²) in [6.07, 6.45) is -7.37. The summed E-state index contributed by atoms with van der Waals surface area (Å²) in [5.41, 5.74) is -2.29. The Kier molecular flexibility index (Phi) is 5.56. The largest absolute Gasteiger partial charge is 0.435 e. The van der Waals surface area contributed by atoms with Gasteiger partial charge in [-0.2, -0.15) is 51.7 Å². The van der Waals surface area contributed by atoms with E-state index in [-0.39, 0.29) is 17.3 Å². The number of pyridine rings is 1. The van der Waals surface area contributed by atoms with Gasteiger partial charge in [-0.3, -0.25) is 0 Å². The fourth-order valence-electron chi connectivity index (χ4n) is 2.06. The fourth-order valence-corrected chi connectivity index (χ4v) is 2.06. The van der Waals surface area contributed by atoms with Gasteiger partial charge in [0.05, 0.1) is 0 Å². The maximum atomic E-state index is 12.8. The molecule has 3 aromatic heterocycles.